The Hall–Kier alpha value is -2.57. The first-order valence-corrected chi connectivity index (χ1v) is 7.65. The monoisotopic (exact) mass is 317 g/mol. The minimum absolute atomic E-state index is 0.00974. The second-order valence-electron chi connectivity index (χ2n) is 5.62. The van der Waals surface area contributed by atoms with Crippen LogP contribution in [0.2, 0.25) is 0 Å². The number of amides is 2. The molecule has 0 aliphatic rings. The number of hydrogen-bond acceptors (Lipinski definition) is 4. The molecule has 0 spiro atoms. The lowest BCUT2D eigenvalue weighted by Gasteiger charge is -2.16. The van der Waals surface area contributed by atoms with Crippen LogP contribution in [0.5, 0.6) is 5.88 Å². The second kappa shape index (κ2) is 8.17. The molecule has 2 aromatic heterocycles. The molecule has 0 saturated heterocycles. The number of nitrogens with one attached hydrogen (secondary N) is 2. The Morgan fingerprint density at radius 1 is 1.35 bits per heavy atom. The first kappa shape index (κ1) is 16.8. The third-order valence-corrected chi connectivity index (χ3v) is 3.06. The lowest BCUT2D eigenvalue weighted by Crippen LogP contribution is -2.42. The lowest BCUT2D eigenvalue weighted by atomic mass is 10.2. The van der Waals surface area contributed by atoms with Crippen molar-refractivity contribution in [3.8, 4) is 5.88 Å². The summed E-state index contributed by atoms with van der Waals surface area (Å²) in [7, 11) is 0. The molecule has 0 aliphatic heterocycles. The lowest BCUT2D eigenvalue weighted by molar-refractivity contribution is 0.227. The van der Waals surface area contributed by atoms with Gasteiger partial charge >= 0.3 is 6.03 Å². The number of hydrogen-bond donors (Lipinski definition) is 2. The highest BCUT2D eigenvalue weighted by Gasteiger charge is 2.10. The highest BCUT2D eigenvalue weighted by molar-refractivity contribution is 5.74. The summed E-state index contributed by atoms with van der Waals surface area (Å²) in [5, 5.41) is 5.72. The smallest absolute Gasteiger partial charge is 0.315 e. The van der Waals surface area contributed by atoms with Gasteiger partial charge in [0, 0.05) is 43.3 Å². The Bertz CT molecular complexity index is 613. The molecule has 7 heteroatoms. The van der Waals surface area contributed by atoms with Crippen LogP contribution in [0.4, 0.5) is 4.79 Å². The number of pyridine rings is 1. The minimum Gasteiger partial charge on any atom is -0.475 e. The zero-order chi connectivity index (χ0) is 16.7. The fourth-order valence-electron chi connectivity index (χ4n) is 2.09. The molecule has 0 bridgehead atoms. The zero-order valence-corrected chi connectivity index (χ0v) is 13.7. The van der Waals surface area contributed by atoms with Gasteiger partial charge in [-0.3, -0.25) is 0 Å². The first-order valence-electron chi connectivity index (χ1n) is 7.65. The van der Waals surface area contributed by atoms with Crippen LogP contribution in [0.3, 0.4) is 0 Å². The molecule has 0 saturated carbocycles. The van der Waals surface area contributed by atoms with Gasteiger partial charge in [0.25, 0.3) is 0 Å². The Morgan fingerprint density at radius 2 is 2.17 bits per heavy atom. The summed E-state index contributed by atoms with van der Waals surface area (Å²) < 4.78 is 7.55. The zero-order valence-electron chi connectivity index (χ0n) is 13.7. The van der Waals surface area contributed by atoms with E-state index in [0.29, 0.717) is 19.0 Å². The molecule has 2 rings (SSSR count). The second-order valence-corrected chi connectivity index (χ2v) is 5.62. The number of carbonyl (C=O) groups is 1. The van der Waals surface area contributed by atoms with Crippen molar-refractivity contribution < 1.29 is 9.53 Å². The van der Waals surface area contributed by atoms with Crippen LogP contribution in [0, 0.1) is 0 Å². The van der Waals surface area contributed by atoms with E-state index in [2.05, 4.69) is 20.6 Å². The molecule has 7 nitrogen and oxygen atoms in total. The number of aromatic nitrogens is 3. The highest BCUT2D eigenvalue weighted by atomic mass is 16.5. The van der Waals surface area contributed by atoms with E-state index in [1.807, 2.05) is 43.7 Å². The van der Waals surface area contributed by atoms with Gasteiger partial charge in [0.05, 0.1) is 12.4 Å². The topological polar surface area (TPSA) is 81.1 Å². The van der Waals surface area contributed by atoms with E-state index in [1.54, 1.807) is 18.7 Å². The van der Waals surface area contributed by atoms with Gasteiger partial charge < -0.3 is 19.9 Å². The standard InChI is InChI=1S/C16H23N5O2/c1-12(2)23-15-14(5-4-6-18-15)9-19-16(22)20-13(3)10-21-8-7-17-11-21/h4-8,11-13H,9-10H2,1-3H3,(H2,19,20,22)/t13-/m0/s1. The maximum atomic E-state index is 12.0. The van der Waals surface area contributed by atoms with Gasteiger partial charge in [0.15, 0.2) is 0 Å². The SMILES string of the molecule is CC(C)Oc1ncccc1CNC(=O)N[C@@H](C)Cn1ccnc1. The van der Waals surface area contributed by atoms with Crippen molar-refractivity contribution in [2.45, 2.75) is 46.0 Å². The van der Waals surface area contributed by atoms with Crippen molar-refractivity contribution >= 4 is 6.03 Å². The van der Waals surface area contributed by atoms with Gasteiger partial charge in [-0.2, -0.15) is 0 Å². The first-order chi connectivity index (χ1) is 11.0. The summed E-state index contributed by atoms with van der Waals surface area (Å²) in [4.78, 5) is 20.2. The maximum absolute atomic E-state index is 12.0. The fourth-order valence-corrected chi connectivity index (χ4v) is 2.09. The molecule has 0 radical (unpaired) electrons. The number of nitrogens with zero attached hydrogens (tertiary/aromatic N) is 3. The fraction of sp³-hybridized carbons (Fsp3) is 0.438. The Balaban J connectivity index is 1.82. The molecule has 2 amide bonds. The average molecular weight is 317 g/mol. The molecule has 2 N–H and O–H groups in total. The summed E-state index contributed by atoms with van der Waals surface area (Å²) in [6.45, 7) is 6.85. The molecule has 0 fully saturated rings. The molecule has 1 atom stereocenters. The number of carbonyl (C=O) groups excluding carboxylic acids is 1. The van der Waals surface area contributed by atoms with Crippen molar-refractivity contribution in [3.05, 3.63) is 42.6 Å². The summed E-state index contributed by atoms with van der Waals surface area (Å²) in [5.74, 6) is 0.550. The van der Waals surface area contributed by atoms with E-state index >= 15 is 0 Å². The molecular formula is C16H23N5O2. The predicted octanol–water partition coefficient (Wildman–Crippen LogP) is 1.95. The molecule has 124 valence electrons. The van der Waals surface area contributed by atoms with Crippen LogP contribution in [-0.2, 0) is 13.1 Å². The maximum Gasteiger partial charge on any atom is 0.315 e. The third-order valence-electron chi connectivity index (χ3n) is 3.06. The third kappa shape index (κ3) is 5.61. The molecule has 0 unspecified atom stereocenters. The summed E-state index contributed by atoms with van der Waals surface area (Å²) in [6, 6.07) is 3.48. The van der Waals surface area contributed by atoms with E-state index in [-0.39, 0.29) is 18.2 Å². The summed E-state index contributed by atoms with van der Waals surface area (Å²) in [6.07, 6.45) is 7.01. The van der Waals surface area contributed by atoms with Gasteiger partial charge in [-0.1, -0.05) is 6.07 Å². The molecule has 2 aromatic rings. The van der Waals surface area contributed by atoms with Crippen LogP contribution in [0.25, 0.3) is 0 Å². The van der Waals surface area contributed by atoms with E-state index in [0.717, 1.165) is 5.56 Å². The largest absolute Gasteiger partial charge is 0.475 e. The van der Waals surface area contributed by atoms with E-state index in [1.165, 1.54) is 0 Å². The molecule has 2 heterocycles. The van der Waals surface area contributed by atoms with E-state index < -0.39 is 0 Å². The van der Waals surface area contributed by atoms with Crippen molar-refractivity contribution in [3.63, 3.8) is 0 Å². The quantitative estimate of drug-likeness (QED) is 0.818. The van der Waals surface area contributed by atoms with Gasteiger partial charge in [-0.05, 0) is 26.8 Å². The average Bonchev–Trinajstić information content (AvgIpc) is 2.98. The van der Waals surface area contributed by atoms with Crippen molar-refractivity contribution in [2.75, 3.05) is 0 Å². The number of rotatable bonds is 7. The van der Waals surface area contributed by atoms with Crippen molar-refractivity contribution in [1.29, 1.82) is 0 Å². The highest BCUT2D eigenvalue weighted by Crippen LogP contribution is 2.15. The number of ether oxygens (including phenoxy) is 1. The van der Waals surface area contributed by atoms with Gasteiger partial charge in [-0.15, -0.1) is 0 Å². The Kier molecular flexibility index (Phi) is 5.96. The van der Waals surface area contributed by atoms with Crippen molar-refractivity contribution in [1.82, 2.24) is 25.2 Å². The molecule has 0 aliphatic carbocycles. The van der Waals surface area contributed by atoms with Crippen molar-refractivity contribution in [2.24, 2.45) is 0 Å². The van der Waals surface area contributed by atoms with Gasteiger partial charge in [0.2, 0.25) is 5.88 Å². The molecule has 0 aromatic carbocycles. The van der Waals surface area contributed by atoms with Gasteiger partial charge in [-0.25, -0.2) is 14.8 Å². The molecule has 23 heavy (non-hydrogen) atoms. The Morgan fingerprint density at radius 3 is 2.87 bits per heavy atom. The normalized spacial score (nSPS) is 12.0. The van der Waals surface area contributed by atoms with Crippen LogP contribution >= 0.6 is 0 Å². The van der Waals surface area contributed by atoms with E-state index in [9.17, 15) is 4.79 Å². The van der Waals surface area contributed by atoms with Crippen LogP contribution < -0.4 is 15.4 Å². The van der Waals surface area contributed by atoms with E-state index in [4.69, 9.17) is 4.74 Å². The minimum atomic E-state index is -0.225. The number of urea groups is 1. The van der Waals surface area contributed by atoms with Gasteiger partial charge in [0.1, 0.15) is 0 Å². The number of imidazole rings is 1. The summed E-state index contributed by atoms with van der Waals surface area (Å²) in [5.41, 5.74) is 0.846. The van der Waals surface area contributed by atoms with Crippen LogP contribution in [0.15, 0.2) is 37.1 Å². The Labute approximate surface area is 136 Å². The van der Waals surface area contributed by atoms with Crippen LogP contribution in [0.1, 0.15) is 26.3 Å². The summed E-state index contributed by atoms with van der Waals surface area (Å²) >= 11 is 0. The predicted molar refractivity (Wildman–Crippen MR) is 87.1 cm³/mol. The van der Waals surface area contributed by atoms with Crippen LogP contribution in [-0.4, -0.2) is 32.7 Å². The molecular weight excluding hydrogens is 294 g/mol.